The Kier molecular flexibility index (Phi) is 6.07. The van der Waals surface area contributed by atoms with Crippen LogP contribution in [0.15, 0.2) is 0 Å². The first-order chi connectivity index (χ1) is 6.13. The highest BCUT2D eigenvalue weighted by Crippen LogP contribution is 2.12. The van der Waals surface area contributed by atoms with Gasteiger partial charge in [0.05, 0.1) is 12.4 Å². The third-order valence-corrected chi connectivity index (χ3v) is 2.39. The highest BCUT2D eigenvalue weighted by atomic mass is 32.2. The van der Waals surface area contributed by atoms with Crippen molar-refractivity contribution in [3.8, 4) is 12.3 Å². The molecule has 0 aromatic carbocycles. The van der Waals surface area contributed by atoms with E-state index in [-0.39, 0.29) is 12.4 Å². The van der Waals surface area contributed by atoms with Crippen LogP contribution in [0, 0.1) is 12.3 Å². The van der Waals surface area contributed by atoms with Gasteiger partial charge in [0.25, 0.3) is 0 Å². The molecule has 0 saturated heterocycles. The third kappa shape index (κ3) is 4.58. The minimum Gasteiger partial charge on any atom is -0.465 e. The Bertz CT molecular complexity index is 230. The van der Waals surface area contributed by atoms with Crippen molar-refractivity contribution in [2.24, 2.45) is 0 Å². The molecule has 1 unspecified atom stereocenters. The van der Waals surface area contributed by atoms with Gasteiger partial charge in [-0.05, 0) is 13.8 Å². The molecule has 0 aromatic heterocycles. The number of hydrogen-bond acceptors (Lipinski definition) is 4. The van der Waals surface area contributed by atoms with Crippen LogP contribution >= 0.6 is 11.8 Å². The van der Waals surface area contributed by atoms with Crippen LogP contribution in [-0.2, 0) is 14.3 Å². The molecule has 0 bridgehead atoms. The van der Waals surface area contributed by atoms with Crippen LogP contribution in [0.25, 0.3) is 0 Å². The van der Waals surface area contributed by atoms with E-state index in [2.05, 4.69) is 5.92 Å². The van der Waals surface area contributed by atoms with Crippen molar-refractivity contribution in [1.82, 2.24) is 0 Å². The molecule has 0 aliphatic rings. The Morgan fingerprint density at radius 2 is 2.23 bits per heavy atom. The van der Waals surface area contributed by atoms with Gasteiger partial charge in [0.15, 0.2) is 11.0 Å². The van der Waals surface area contributed by atoms with E-state index in [4.69, 9.17) is 11.2 Å². The van der Waals surface area contributed by atoms with Crippen molar-refractivity contribution in [3.63, 3.8) is 0 Å². The number of Topliss-reactive ketones (excluding diaryl/α,β-unsaturated/α-hetero) is 1. The number of ether oxygens (including phenoxy) is 1. The standard InChI is InChI=1S/C9H12O3S/c1-4-6-13-8(7(3)10)9(11)12-5-2/h1,8H,5-6H2,2-3H3. The predicted molar refractivity (Wildman–Crippen MR) is 52.4 cm³/mol. The lowest BCUT2D eigenvalue weighted by atomic mass is 10.3. The average molecular weight is 200 g/mol. The van der Waals surface area contributed by atoms with E-state index in [9.17, 15) is 9.59 Å². The summed E-state index contributed by atoms with van der Waals surface area (Å²) in [6, 6.07) is 0. The van der Waals surface area contributed by atoms with Crippen LogP contribution in [0.1, 0.15) is 13.8 Å². The molecule has 0 saturated carbocycles. The molecule has 0 aromatic rings. The van der Waals surface area contributed by atoms with Crippen LogP contribution in [0.3, 0.4) is 0 Å². The maximum atomic E-state index is 11.2. The lowest BCUT2D eigenvalue weighted by molar-refractivity contribution is -0.144. The van der Waals surface area contributed by atoms with Gasteiger partial charge in [-0.25, -0.2) is 0 Å². The second-order valence-electron chi connectivity index (χ2n) is 2.26. The summed E-state index contributed by atoms with van der Waals surface area (Å²) in [4.78, 5) is 22.1. The minimum absolute atomic E-state index is 0.223. The third-order valence-electron chi connectivity index (χ3n) is 1.20. The predicted octanol–water partition coefficient (Wildman–Crippen LogP) is 0.873. The van der Waals surface area contributed by atoms with Crippen LogP contribution < -0.4 is 0 Å². The minimum atomic E-state index is -0.768. The monoisotopic (exact) mass is 200 g/mol. The number of rotatable bonds is 5. The number of thioether (sulfide) groups is 1. The summed E-state index contributed by atoms with van der Waals surface area (Å²) in [5.41, 5.74) is 0. The summed E-state index contributed by atoms with van der Waals surface area (Å²) in [5, 5.41) is -0.768. The van der Waals surface area contributed by atoms with Crippen molar-refractivity contribution in [1.29, 1.82) is 0 Å². The van der Waals surface area contributed by atoms with Gasteiger partial charge in [-0.1, -0.05) is 5.92 Å². The van der Waals surface area contributed by atoms with Crippen LogP contribution in [-0.4, -0.2) is 29.4 Å². The van der Waals surface area contributed by atoms with Gasteiger partial charge in [0.2, 0.25) is 0 Å². The van der Waals surface area contributed by atoms with E-state index in [1.807, 2.05) is 0 Å². The number of terminal acetylenes is 1. The first-order valence-corrected chi connectivity index (χ1v) is 4.90. The van der Waals surface area contributed by atoms with Crippen molar-refractivity contribution in [2.45, 2.75) is 19.1 Å². The molecule has 0 aliphatic heterocycles. The Hall–Kier alpha value is -0.950. The molecular formula is C9H12O3S. The maximum Gasteiger partial charge on any atom is 0.326 e. The fourth-order valence-electron chi connectivity index (χ4n) is 0.701. The van der Waals surface area contributed by atoms with Crippen LogP contribution in [0.5, 0.6) is 0 Å². The molecule has 0 heterocycles. The Morgan fingerprint density at radius 1 is 1.62 bits per heavy atom. The molecule has 0 radical (unpaired) electrons. The number of esters is 1. The van der Waals surface area contributed by atoms with Gasteiger partial charge in [-0.2, -0.15) is 0 Å². The molecule has 72 valence electrons. The summed E-state index contributed by atoms with van der Waals surface area (Å²) >= 11 is 1.12. The van der Waals surface area contributed by atoms with Crippen molar-refractivity contribution in [3.05, 3.63) is 0 Å². The summed E-state index contributed by atoms with van der Waals surface area (Å²) in [6.45, 7) is 3.32. The van der Waals surface area contributed by atoms with Gasteiger partial charge in [-0.3, -0.25) is 9.59 Å². The highest BCUT2D eigenvalue weighted by molar-refractivity contribution is 8.01. The molecule has 0 N–H and O–H groups in total. The summed E-state index contributed by atoms with van der Waals surface area (Å²) in [6.07, 6.45) is 5.02. The highest BCUT2D eigenvalue weighted by Gasteiger charge is 2.24. The molecule has 0 amide bonds. The smallest absolute Gasteiger partial charge is 0.326 e. The molecule has 4 heteroatoms. The van der Waals surface area contributed by atoms with Gasteiger partial charge >= 0.3 is 5.97 Å². The number of ketones is 1. The molecule has 0 aliphatic carbocycles. The zero-order valence-corrected chi connectivity index (χ0v) is 8.52. The van der Waals surface area contributed by atoms with Crippen molar-refractivity contribution in [2.75, 3.05) is 12.4 Å². The Morgan fingerprint density at radius 3 is 2.62 bits per heavy atom. The molecule has 3 nitrogen and oxygen atoms in total. The fourth-order valence-corrected chi connectivity index (χ4v) is 1.40. The Balaban J connectivity index is 4.17. The second kappa shape index (κ2) is 6.55. The van der Waals surface area contributed by atoms with Crippen molar-refractivity contribution >= 4 is 23.5 Å². The summed E-state index contributed by atoms with van der Waals surface area (Å²) < 4.78 is 4.71. The van der Waals surface area contributed by atoms with Crippen LogP contribution in [0.2, 0.25) is 0 Å². The van der Waals surface area contributed by atoms with E-state index in [0.29, 0.717) is 5.75 Å². The molecule has 13 heavy (non-hydrogen) atoms. The second-order valence-corrected chi connectivity index (χ2v) is 3.35. The fraction of sp³-hybridized carbons (Fsp3) is 0.556. The first kappa shape index (κ1) is 12.0. The lowest BCUT2D eigenvalue weighted by Gasteiger charge is -2.09. The van der Waals surface area contributed by atoms with E-state index < -0.39 is 11.2 Å². The number of carbonyl (C=O) groups is 2. The molecule has 0 rings (SSSR count). The zero-order valence-electron chi connectivity index (χ0n) is 7.70. The normalized spacial score (nSPS) is 11.5. The molecular weight excluding hydrogens is 188 g/mol. The zero-order chi connectivity index (χ0) is 10.3. The summed E-state index contributed by atoms with van der Waals surface area (Å²) in [7, 11) is 0. The topological polar surface area (TPSA) is 43.4 Å². The molecule has 0 spiro atoms. The SMILES string of the molecule is C#CCSC(C(C)=O)C(=O)OCC. The van der Waals surface area contributed by atoms with Gasteiger partial charge in [-0.15, -0.1) is 18.2 Å². The lowest BCUT2D eigenvalue weighted by Crippen LogP contribution is -2.27. The average Bonchev–Trinajstić information content (AvgIpc) is 2.05. The Labute approximate surface area is 82.2 Å². The quantitative estimate of drug-likeness (QED) is 0.375. The first-order valence-electron chi connectivity index (χ1n) is 3.85. The van der Waals surface area contributed by atoms with E-state index >= 15 is 0 Å². The van der Waals surface area contributed by atoms with Crippen LogP contribution in [0.4, 0.5) is 0 Å². The molecule has 0 fully saturated rings. The van der Waals surface area contributed by atoms with E-state index in [1.165, 1.54) is 6.92 Å². The largest absolute Gasteiger partial charge is 0.465 e. The summed E-state index contributed by atoms with van der Waals surface area (Å²) in [5.74, 6) is 1.96. The number of carbonyl (C=O) groups excluding carboxylic acids is 2. The number of hydrogen-bond donors (Lipinski definition) is 0. The van der Waals surface area contributed by atoms with Crippen molar-refractivity contribution < 1.29 is 14.3 Å². The maximum absolute atomic E-state index is 11.2. The molecule has 1 atom stereocenters. The van der Waals surface area contributed by atoms with Gasteiger partial charge < -0.3 is 4.74 Å². The van der Waals surface area contributed by atoms with E-state index in [1.54, 1.807) is 6.92 Å². The van der Waals surface area contributed by atoms with Gasteiger partial charge in [0, 0.05) is 0 Å². The van der Waals surface area contributed by atoms with E-state index in [0.717, 1.165) is 11.8 Å². The van der Waals surface area contributed by atoms with Gasteiger partial charge in [0.1, 0.15) is 0 Å².